The SMILES string of the molecule is C#CCOc1c(Br)cc(/C=C2/SC(=O)N(CC(=O)Nc3ccc(C)cc3)C2=O)cc1OCC. The van der Waals surface area contributed by atoms with Gasteiger partial charge in [0.15, 0.2) is 11.5 Å². The van der Waals surface area contributed by atoms with E-state index in [-0.39, 0.29) is 18.1 Å². The zero-order chi connectivity index (χ0) is 24.0. The topological polar surface area (TPSA) is 84.9 Å². The Kier molecular flexibility index (Phi) is 8.20. The number of halogens is 1. The molecule has 1 N–H and O–H groups in total. The fourth-order valence-electron chi connectivity index (χ4n) is 2.96. The summed E-state index contributed by atoms with van der Waals surface area (Å²) in [5, 5.41) is 2.18. The van der Waals surface area contributed by atoms with Gasteiger partial charge in [-0.3, -0.25) is 19.3 Å². The molecule has 3 amide bonds. The van der Waals surface area contributed by atoms with Gasteiger partial charge in [-0.1, -0.05) is 23.6 Å². The van der Waals surface area contributed by atoms with E-state index in [1.54, 1.807) is 30.3 Å². The van der Waals surface area contributed by atoms with Crippen LogP contribution in [0.4, 0.5) is 10.5 Å². The Morgan fingerprint density at radius 2 is 1.97 bits per heavy atom. The Morgan fingerprint density at radius 1 is 1.24 bits per heavy atom. The third-order valence-corrected chi connectivity index (χ3v) is 5.94. The standard InChI is InChI=1S/C24H21BrN2O5S/c1-4-10-32-22-18(25)11-16(12-19(22)31-5-2)13-20-23(29)27(24(30)33-20)14-21(28)26-17-8-6-15(3)7-9-17/h1,6-9,11-13H,5,10,14H2,2-3H3,(H,26,28)/b20-13+. The Labute approximate surface area is 204 Å². The maximum Gasteiger partial charge on any atom is 0.294 e. The van der Waals surface area contributed by atoms with E-state index < -0.39 is 17.1 Å². The molecule has 33 heavy (non-hydrogen) atoms. The normalized spacial score (nSPS) is 14.4. The van der Waals surface area contributed by atoms with Crippen LogP contribution in [0.25, 0.3) is 6.08 Å². The van der Waals surface area contributed by atoms with Crippen LogP contribution < -0.4 is 14.8 Å². The maximum absolute atomic E-state index is 12.8. The molecule has 0 spiro atoms. The lowest BCUT2D eigenvalue weighted by atomic mass is 10.2. The minimum absolute atomic E-state index is 0.0710. The van der Waals surface area contributed by atoms with E-state index in [1.165, 1.54) is 0 Å². The monoisotopic (exact) mass is 528 g/mol. The van der Waals surface area contributed by atoms with Crippen molar-refractivity contribution >= 4 is 56.5 Å². The smallest absolute Gasteiger partial charge is 0.294 e. The summed E-state index contributed by atoms with van der Waals surface area (Å²) in [4.78, 5) is 38.7. The predicted molar refractivity (Wildman–Crippen MR) is 132 cm³/mol. The van der Waals surface area contributed by atoms with Crippen LogP contribution in [0, 0.1) is 19.3 Å². The van der Waals surface area contributed by atoms with Crippen LogP contribution in [0.1, 0.15) is 18.1 Å². The molecular formula is C24H21BrN2O5S. The van der Waals surface area contributed by atoms with Crippen LogP contribution >= 0.6 is 27.7 Å². The van der Waals surface area contributed by atoms with Crippen molar-refractivity contribution in [1.82, 2.24) is 4.90 Å². The second-order valence-corrected chi connectivity index (χ2v) is 8.79. The number of aryl methyl sites for hydroxylation is 1. The molecule has 0 radical (unpaired) electrons. The van der Waals surface area contributed by atoms with E-state index in [1.807, 2.05) is 26.0 Å². The quantitative estimate of drug-likeness (QED) is 0.389. The van der Waals surface area contributed by atoms with Gasteiger partial charge >= 0.3 is 0 Å². The lowest BCUT2D eigenvalue weighted by Gasteiger charge is -2.13. The lowest BCUT2D eigenvalue weighted by molar-refractivity contribution is -0.127. The number of benzene rings is 2. The Bertz CT molecular complexity index is 1150. The summed E-state index contributed by atoms with van der Waals surface area (Å²) in [6.45, 7) is 3.86. The average Bonchev–Trinajstić information content (AvgIpc) is 3.02. The number of nitrogens with one attached hydrogen (secondary N) is 1. The van der Waals surface area contributed by atoms with Crippen molar-refractivity contribution in [3.8, 4) is 23.8 Å². The first-order valence-electron chi connectivity index (χ1n) is 9.96. The van der Waals surface area contributed by atoms with Gasteiger partial charge in [0, 0.05) is 5.69 Å². The van der Waals surface area contributed by atoms with E-state index in [4.69, 9.17) is 15.9 Å². The minimum Gasteiger partial charge on any atom is -0.490 e. The van der Waals surface area contributed by atoms with Gasteiger partial charge in [0.1, 0.15) is 13.2 Å². The van der Waals surface area contributed by atoms with Crippen LogP contribution in [-0.2, 0) is 9.59 Å². The molecule has 170 valence electrons. The van der Waals surface area contributed by atoms with Crippen molar-refractivity contribution < 1.29 is 23.9 Å². The zero-order valence-electron chi connectivity index (χ0n) is 18.0. The molecule has 7 nitrogen and oxygen atoms in total. The van der Waals surface area contributed by atoms with E-state index in [9.17, 15) is 14.4 Å². The van der Waals surface area contributed by atoms with Crippen molar-refractivity contribution in [2.45, 2.75) is 13.8 Å². The Morgan fingerprint density at radius 3 is 2.64 bits per heavy atom. The van der Waals surface area contributed by atoms with Crippen molar-refractivity contribution in [3.05, 3.63) is 56.9 Å². The van der Waals surface area contributed by atoms with Gasteiger partial charge in [0.25, 0.3) is 11.1 Å². The molecule has 1 saturated heterocycles. The minimum atomic E-state index is -0.536. The fourth-order valence-corrected chi connectivity index (χ4v) is 4.37. The van der Waals surface area contributed by atoms with Crippen molar-refractivity contribution in [2.24, 2.45) is 0 Å². The molecule has 0 aliphatic carbocycles. The lowest BCUT2D eigenvalue weighted by Crippen LogP contribution is -2.36. The first-order valence-corrected chi connectivity index (χ1v) is 11.6. The van der Waals surface area contributed by atoms with Gasteiger partial charge in [0.05, 0.1) is 16.0 Å². The number of nitrogens with zero attached hydrogens (tertiary/aromatic N) is 1. The summed E-state index contributed by atoms with van der Waals surface area (Å²) in [5.74, 6) is 2.31. The highest BCUT2D eigenvalue weighted by atomic mass is 79.9. The molecule has 1 aliphatic heterocycles. The van der Waals surface area contributed by atoms with Crippen LogP contribution in [0.2, 0.25) is 0 Å². The maximum atomic E-state index is 12.8. The molecule has 2 aromatic rings. The number of amides is 3. The highest BCUT2D eigenvalue weighted by Gasteiger charge is 2.36. The molecule has 1 aliphatic rings. The predicted octanol–water partition coefficient (Wildman–Crippen LogP) is 4.84. The highest BCUT2D eigenvalue weighted by molar-refractivity contribution is 9.10. The molecule has 9 heteroatoms. The summed E-state index contributed by atoms with van der Waals surface area (Å²) in [7, 11) is 0. The second kappa shape index (κ2) is 11.1. The first kappa shape index (κ1) is 24.4. The molecule has 0 aromatic heterocycles. The molecule has 1 fully saturated rings. The Balaban J connectivity index is 1.76. The van der Waals surface area contributed by atoms with Crippen molar-refractivity contribution in [2.75, 3.05) is 25.1 Å². The molecule has 1 heterocycles. The summed E-state index contributed by atoms with van der Waals surface area (Å²) in [6.07, 6.45) is 6.84. The van der Waals surface area contributed by atoms with Crippen molar-refractivity contribution in [1.29, 1.82) is 0 Å². The molecule has 3 rings (SSSR count). The number of hydrogen-bond donors (Lipinski definition) is 1. The van der Waals surface area contributed by atoms with Gasteiger partial charge < -0.3 is 14.8 Å². The number of imide groups is 1. The molecule has 2 aromatic carbocycles. The number of carbonyl (C=O) groups is 3. The van der Waals surface area contributed by atoms with Crippen LogP contribution in [0.15, 0.2) is 45.8 Å². The van der Waals surface area contributed by atoms with Gasteiger partial charge in [-0.2, -0.15) is 0 Å². The van der Waals surface area contributed by atoms with Gasteiger partial charge in [0.2, 0.25) is 5.91 Å². The van der Waals surface area contributed by atoms with E-state index in [2.05, 4.69) is 27.2 Å². The van der Waals surface area contributed by atoms with E-state index in [0.29, 0.717) is 33.8 Å². The largest absolute Gasteiger partial charge is 0.490 e. The summed E-state index contributed by atoms with van der Waals surface area (Å²) >= 11 is 4.20. The number of rotatable bonds is 8. The number of terminal acetylenes is 1. The fraction of sp³-hybridized carbons (Fsp3) is 0.208. The number of thioether (sulfide) groups is 1. The summed E-state index contributed by atoms with van der Waals surface area (Å²) in [6, 6.07) is 10.6. The molecule has 0 saturated carbocycles. The summed E-state index contributed by atoms with van der Waals surface area (Å²) in [5.41, 5.74) is 2.26. The molecule has 0 unspecified atom stereocenters. The molecule has 0 atom stereocenters. The van der Waals surface area contributed by atoms with Crippen molar-refractivity contribution in [3.63, 3.8) is 0 Å². The number of carbonyl (C=O) groups excluding carboxylic acids is 3. The van der Waals surface area contributed by atoms with Gasteiger partial charge in [-0.15, -0.1) is 6.42 Å². The van der Waals surface area contributed by atoms with Crippen LogP contribution in [-0.4, -0.2) is 41.7 Å². The van der Waals surface area contributed by atoms with Crippen LogP contribution in [0.3, 0.4) is 0 Å². The number of anilines is 1. The summed E-state index contributed by atoms with van der Waals surface area (Å²) < 4.78 is 11.8. The Hall–Kier alpha value is -3.22. The van der Waals surface area contributed by atoms with E-state index >= 15 is 0 Å². The van der Waals surface area contributed by atoms with Gasteiger partial charge in [-0.05, 0) is 77.4 Å². The van der Waals surface area contributed by atoms with Gasteiger partial charge in [-0.25, -0.2) is 0 Å². The second-order valence-electron chi connectivity index (χ2n) is 6.94. The third-order valence-electron chi connectivity index (χ3n) is 4.44. The zero-order valence-corrected chi connectivity index (χ0v) is 20.4. The molecule has 0 bridgehead atoms. The van der Waals surface area contributed by atoms with E-state index in [0.717, 1.165) is 22.2 Å². The number of hydrogen-bond acceptors (Lipinski definition) is 6. The highest BCUT2D eigenvalue weighted by Crippen LogP contribution is 2.39. The number of ether oxygens (including phenoxy) is 2. The first-order chi connectivity index (χ1) is 15.8. The average molecular weight is 529 g/mol. The third kappa shape index (κ3) is 6.18. The van der Waals surface area contributed by atoms with Crippen LogP contribution in [0.5, 0.6) is 11.5 Å². The molecular weight excluding hydrogens is 508 g/mol.